The van der Waals surface area contributed by atoms with E-state index in [2.05, 4.69) is 10.2 Å². The van der Waals surface area contributed by atoms with Crippen LogP contribution >= 0.6 is 0 Å². The third kappa shape index (κ3) is 8.10. The van der Waals surface area contributed by atoms with E-state index in [-0.39, 0.29) is 47.6 Å². The number of amides is 1. The van der Waals surface area contributed by atoms with Crippen LogP contribution in [0, 0.1) is 38.3 Å². The maximum absolute atomic E-state index is 15.8. The smallest absolute Gasteiger partial charge is 0.416 e. The van der Waals surface area contributed by atoms with E-state index in [4.69, 9.17) is 4.74 Å². The summed E-state index contributed by atoms with van der Waals surface area (Å²) in [5, 5.41) is 12.4. The summed E-state index contributed by atoms with van der Waals surface area (Å²) in [6.07, 6.45) is -3.60. The minimum Gasteiger partial charge on any atom is -0.481 e. The van der Waals surface area contributed by atoms with Crippen molar-refractivity contribution in [3.05, 3.63) is 91.9 Å². The molecular formula is C37H42F5N3O5. The molecule has 8 nitrogen and oxygen atoms in total. The maximum atomic E-state index is 15.8. The van der Waals surface area contributed by atoms with Crippen molar-refractivity contribution in [2.75, 3.05) is 19.7 Å². The quantitative estimate of drug-likeness (QED) is 0.205. The number of aliphatic carboxylic acids is 1. The van der Waals surface area contributed by atoms with Crippen molar-refractivity contribution in [2.45, 2.75) is 90.7 Å². The largest absolute Gasteiger partial charge is 0.481 e. The number of aromatic nitrogens is 1. The van der Waals surface area contributed by atoms with E-state index < -0.39 is 59.3 Å². The number of hydrogen-bond acceptors (Lipinski definition) is 5. The van der Waals surface area contributed by atoms with Crippen LogP contribution in [0.4, 0.5) is 22.0 Å². The number of nitrogens with zero attached hydrogens (tertiary/aromatic N) is 2. The van der Waals surface area contributed by atoms with Crippen LogP contribution in [0.2, 0.25) is 0 Å². The van der Waals surface area contributed by atoms with Gasteiger partial charge in [-0.3, -0.25) is 19.3 Å². The van der Waals surface area contributed by atoms with Crippen LogP contribution in [-0.4, -0.2) is 58.3 Å². The first-order valence-corrected chi connectivity index (χ1v) is 16.7. The number of alkyl halides is 3. The summed E-state index contributed by atoms with van der Waals surface area (Å²) in [5.41, 5.74) is -0.00728. The first-order valence-electron chi connectivity index (χ1n) is 16.7. The van der Waals surface area contributed by atoms with Crippen molar-refractivity contribution >= 4 is 11.9 Å². The second-order valence-corrected chi connectivity index (χ2v) is 14.0. The predicted molar refractivity (Wildman–Crippen MR) is 177 cm³/mol. The number of rotatable bonds is 12. The molecule has 2 aliphatic rings. The normalized spacial score (nSPS) is 18.9. The highest BCUT2D eigenvalue weighted by Gasteiger charge is 2.40. The van der Waals surface area contributed by atoms with E-state index >= 15 is 4.39 Å². The second kappa shape index (κ2) is 14.6. The molecule has 2 saturated heterocycles. The van der Waals surface area contributed by atoms with E-state index in [9.17, 15) is 37.1 Å². The fourth-order valence-electron chi connectivity index (χ4n) is 7.35. The topological polar surface area (TPSA) is 101 Å². The van der Waals surface area contributed by atoms with Crippen LogP contribution in [0.5, 0.6) is 0 Å². The van der Waals surface area contributed by atoms with Gasteiger partial charge >= 0.3 is 12.1 Å². The lowest BCUT2D eigenvalue weighted by atomic mass is 9.90. The highest BCUT2D eigenvalue weighted by Crippen LogP contribution is 2.36. The lowest BCUT2D eigenvalue weighted by molar-refractivity contribution is -0.139. The Balaban J connectivity index is 1.52. The van der Waals surface area contributed by atoms with Gasteiger partial charge in [-0.2, -0.15) is 13.2 Å². The summed E-state index contributed by atoms with van der Waals surface area (Å²) in [5.74, 6) is -3.61. The van der Waals surface area contributed by atoms with Crippen molar-refractivity contribution in [2.24, 2.45) is 5.92 Å². The molecule has 1 amide bonds. The Kier molecular flexibility index (Phi) is 10.9. The minimum absolute atomic E-state index is 0.0269. The van der Waals surface area contributed by atoms with Gasteiger partial charge in [-0.25, -0.2) is 8.78 Å². The number of nitrogens with one attached hydrogen (secondary N) is 1. The lowest BCUT2D eigenvalue weighted by Gasteiger charge is -2.28. The molecular weight excluding hydrogens is 661 g/mol. The third-order valence-electron chi connectivity index (χ3n) is 9.62. The first kappa shape index (κ1) is 37.2. The number of carboxylic acids is 1. The highest BCUT2D eigenvalue weighted by atomic mass is 19.4. The molecule has 2 aromatic carbocycles. The van der Waals surface area contributed by atoms with Gasteiger partial charge in [0.1, 0.15) is 17.7 Å². The number of hydrogen-bond donors (Lipinski definition) is 2. The summed E-state index contributed by atoms with van der Waals surface area (Å²) in [6.45, 7) is 9.83. The molecule has 2 N–H and O–H groups in total. The molecule has 0 spiro atoms. The number of carbonyl (C=O) groups excluding carboxylic acids is 1. The van der Waals surface area contributed by atoms with E-state index in [0.29, 0.717) is 48.0 Å². The number of morpholine rings is 1. The van der Waals surface area contributed by atoms with Crippen molar-refractivity contribution < 1.29 is 41.4 Å². The lowest BCUT2D eigenvalue weighted by Crippen LogP contribution is -2.41. The molecule has 4 atom stereocenters. The van der Waals surface area contributed by atoms with Crippen LogP contribution < -0.4 is 10.9 Å². The van der Waals surface area contributed by atoms with Crippen molar-refractivity contribution in [3.63, 3.8) is 0 Å². The zero-order valence-electron chi connectivity index (χ0n) is 28.7. The van der Waals surface area contributed by atoms with Crippen LogP contribution in [0.1, 0.15) is 78.6 Å². The molecule has 5 rings (SSSR count). The highest BCUT2D eigenvalue weighted by molar-refractivity contribution is 5.82. The Labute approximate surface area is 287 Å². The maximum Gasteiger partial charge on any atom is 0.416 e. The third-order valence-corrected chi connectivity index (χ3v) is 9.62. The van der Waals surface area contributed by atoms with Gasteiger partial charge in [0, 0.05) is 37.0 Å². The Morgan fingerprint density at radius 3 is 2.28 bits per heavy atom. The molecule has 13 heteroatoms. The summed E-state index contributed by atoms with van der Waals surface area (Å²) in [7, 11) is 0. The molecule has 2 bridgehead atoms. The number of aryl methyl sites for hydroxylation is 3. The number of ether oxygens (including phenoxy) is 1. The standard InChI is InChI=1S/C37H42F5N3O5/c1-19(2)8-31(45-16-23(29(14-32(45)46)37(40,41)42)6-7-44-17-27-13-26(44)18-50-27)36(49)43-30(15-33(47)48)28-12-24(9-22(5)35(28)39)34-20(3)10-25(38)11-21(34)4/h9-12,14,16,19,26-27,30-31H,6-8,13,15,17-18H2,1-5H3,(H,43,49)(H,47,48)/t26-,27-,30+,31-/m1/s1. The van der Waals surface area contributed by atoms with Gasteiger partial charge in [0.15, 0.2) is 0 Å². The van der Waals surface area contributed by atoms with Crippen molar-refractivity contribution in [3.8, 4) is 11.1 Å². The Bertz CT molecular complexity index is 1820. The fraction of sp³-hybridized carbons (Fsp3) is 0.486. The monoisotopic (exact) mass is 703 g/mol. The van der Waals surface area contributed by atoms with Crippen LogP contribution in [0.3, 0.4) is 0 Å². The van der Waals surface area contributed by atoms with E-state index in [1.165, 1.54) is 25.1 Å². The molecule has 1 aromatic heterocycles. The van der Waals surface area contributed by atoms with Gasteiger partial charge in [-0.1, -0.05) is 13.8 Å². The molecule has 0 unspecified atom stereocenters. The van der Waals surface area contributed by atoms with E-state index in [1.54, 1.807) is 33.8 Å². The van der Waals surface area contributed by atoms with Crippen LogP contribution in [0.15, 0.2) is 41.3 Å². The average molecular weight is 704 g/mol. The zero-order chi connectivity index (χ0) is 36.7. The molecule has 0 aliphatic carbocycles. The molecule has 50 heavy (non-hydrogen) atoms. The van der Waals surface area contributed by atoms with Gasteiger partial charge in [-0.05, 0) is 104 Å². The van der Waals surface area contributed by atoms with E-state index in [0.717, 1.165) is 17.2 Å². The van der Waals surface area contributed by atoms with Crippen LogP contribution in [0.25, 0.3) is 11.1 Å². The second-order valence-electron chi connectivity index (χ2n) is 14.0. The molecule has 2 fully saturated rings. The Hall–Kier alpha value is -4.10. The van der Waals surface area contributed by atoms with E-state index in [1.807, 2.05) is 0 Å². The number of likely N-dealkylation sites (tertiary alicyclic amines) is 1. The molecule has 3 heterocycles. The Morgan fingerprint density at radius 1 is 1.04 bits per heavy atom. The van der Waals surface area contributed by atoms with Gasteiger partial charge in [0.05, 0.1) is 30.7 Å². The average Bonchev–Trinajstić information content (AvgIpc) is 3.63. The minimum atomic E-state index is -4.81. The number of benzene rings is 2. The fourth-order valence-corrected chi connectivity index (χ4v) is 7.35. The molecule has 2 aliphatic heterocycles. The van der Waals surface area contributed by atoms with Crippen molar-refractivity contribution in [1.29, 1.82) is 0 Å². The first-order chi connectivity index (χ1) is 23.4. The van der Waals surface area contributed by atoms with Gasteiger partial charge < -0.3 is 19.7 Å². The number of carboxylic acid groups (broad SMARTS) is 1. The van der Waals surface area contributed by atoms with Crippen molar-refractivity contribution in [1.82, 2.24) is 14.8 Å². The van der Waals surface area contributed by atoms with Gasteiger partial charge in [0.25, 0.3) is 5.56 Å². The predicted octanol–water partition coefficient (Wildman–Crippen LogP) is 6.67. The van der Waals surface area contributed by atoms with Crippen LogP contribution in [-0.2, 0) is 26.9 Å². The van der Waals surface area contributed by atoms with Gasteiger partial charge in [0.2, 0.25) is 5.91 Å². The summed E-state index contributed by atoms with van der Waals surface area (Å²) >= 11 is 0. The summed E-state index contributed by atoms with van der Waals surface area (Å²) in [4.78, 5) is 41.5. The summed E-state index contributed by atoms with van der Waals surface area (Å²) < 4.78 is 79.0. The van der Waals surface area contributed by atoms with Gasteiger partial charge in [-0.15, -0.1) is 0 Å². The number of fused-ring (bicyclic) bond motifs is 2. The Morgan fingerprint density at radius 2 is 1.72 bits per heavy atom. The zero-order valence-corrected chi connectivity index (χ0v) is 28.7. The molecule has 0 radical (unpaired) electrons. The molecule has 3 aromatic rings. The SMILES string of the molecule is Cc1cc(-c2c(C)cc(F)cc2C)cc([C@H](CC(=O)O)NC(=O)[C@@H](CC(C)C)n2cc(CCN3C[C@H]4C[C@@H]3CO4)c(C(F)(F)F)cc2=O)c1F. The number of pyridine rings is 1. The molecule has 270 valence electrons. The molecule has 0 saturated carbocycles. The summed E-state index contributed by atoms with van der Waals surface area (Å²) in [6, 6.07) is 3.50. The number of halogens is 5. The number of carbonyl (C=O) groups is 2.